The molecule has 1 saturated heterocycles. The average Bonchev–Trinajstić information content (AvgIpc) is 3.80. The van der Waals surface area contributed by atoms with Gasteiger partial charge < -0.3 is 19.9 Å². The lowest BCUT2D eigenvalue weighted by molar-refractivity contribution is -0.131. The van der Waals surface area contributed by atoms with Crippen LogP contribution in [0.2, 0.25) is 0 Å². The molecule has 1 aromatic heterocycles. The standard InChI is InChI=1S/C28H34N4O8S/c1-5-16-14-28(16,25(35)31-41(37,38)18-9-10-18)30-23(34)21-13-17(15-32(21)26(36)40-27(2,3)4)39-24-20-7-6-8-22(33)19(20)11-12-29-24/h5-8,11-12,16-18,21,33H,1,9-10,13-15H2,2-4H3,(H,30,34)(H,31,35). The van der Waals surface area contributed by atoms with Crippen molar-refractivity contribution in [1.29, 1.82) is 0 Å². The van der Waals surface area contributed by atoms with E-state index in [1.807, 2.05) is 0 Å². The summed E-state index contributed by atoms with van der Waals surface area (Å²) in [5.41, 5.74) is -2.33. The molecule has 4 unspecified atom stereocenters. The smallest absolute Gasteiger partial charge is 0.411 e. The van der Waals surface area contributed by atoms with Gasteiger partial charge in [-0.1, -0.05) is 12.1 Å². The molecule has 0 spiro atoms. The molecule has 2 heterocycles. The van der Waals surface area contributed by atoms with Gasteiger partial charge in [0.15, 0.2) is 0 Å². The summed E-state index contributed by atoms with van der Waals surface area (Å²) in [4.78, 5) is 45.5. The summed E-state index contributed by atoms with van der Waals surface area (Å²) < 4.78 is 38.7. The molecule has 3 N–H and O–H groups in total. The number of phenolic OH excluding ortho intramolecular Hbond substituents is 1. The van der Waals surface area contributed by atoms with E-state index in [1.54, 1.807) is 45.0 Å². The van der Waals surface area contributed by atoms with Crippen molar-refractivity contribution in [2.45, 2.75) is 75.0 Å². The van der Waals surface area contributed by atoms with Crippen LogP contribution in [0, 0.1) is 5.92 Å². The van der Waals surface area contributed by atoms with E-state index >= 15 is 0 Å². The number of nitrogens with one attached hydrogen (secondary N) is 2. The number of aromatic hydroxyl groups is 1. The number of hydrogen-bond donors (Lipinski definition) is 3. The van der Waals surface area contributed by atoms with Crippen molar-refractivity contribution >= 4 is 38.7 Å². The summed E-state index contributed by atoms with van der Waals surface area (Å²) in [6.45, 7) is 8.81. The van der Waals surface area contributed by atoms with Gasteiger partial charge in [-0.2, -0.15) is 0 Å². The van der Waals surface area contributed by atoms with Crippen molar-refractivity contribution in [2.24, 2.45) is 5.92 Å². The minimum atomic E-state index is -3.84. The van der Waals surface area contributed by atoms with E-state index in [0.717, 1.165) is 0 Å². The number of likely N-dealkylation sites (tertiary alicyclic amines) is 1. The summed E-state index contributed by atoms with van der Waals surface area (Å²) in [5, 5.41) is 13.4. The Morgan fingerprint density at radius 1 is 1.20 bits per heavy atom. The Balaban J connectivity index is 1.38. The van der Waals surface area contributed by atoms with Gasteiger partial charge >= 0.3 is 6.09 Å². The number of pyridine rings is 1. The molecular formula is C28H34N4O8S. The number of fused-ring (bicyclic) bond motifs is 1. The van der Waals surface area contributed by atoms with Crippen molar-refractivity contribution in [3.63, 3.8) is 0 Å². The molecule has 3 aliphatic rings. The first-order valence-electron chi connectivity index (χ1n) is 13.5. The molecule has 2 aromatic rings. The number of carbonyl (C=O) groups excluding carboxylic acids is 3. The highest BCUT2D eigenvalue weighted by molar-refractivity contribution is 7.91. The summed E-state index contributed by atoms with van der Waals surface area (Å²) >= 11 is 0. The molecule has 2 saturated carbocycles. The number of nitrogens with zero attached hydrogens (tertiary/aromatic N) is 2. The van der Waals surface area contributed by atoms with Crippen LogP contribution >= 0.6 is 0 Å². The number of rotatable bonds is 8. The SMILES string of the molecule is C=CC1CC1(NC(=O)C1CC(Oc2nccc3c(O)cccc23)CN1C(=O)OC(C)(C)C)C(=O)NS(=O)(=O)C1CC1. The minimum Gasteiger partial charge on any atom is -0.507 e. The summed E-state index contributed by atoms with van der Waals surface area (Å²) in [5.74, 6) is -1.66. The molecule has 4 atom stereocenters. The second-order valence-corrected chi connectivity index (χ2v) is 13.8. The third-order valence-corrected chi connectivity index (χ3v) is 9.29. The zero-order valence-electron chi connectivity index (χ0n) is 23.1. The number of phenols is 1. The molecule has 1 aromatic carbocycles. The fraction of sp³-hybridized carbons (Fsp3) is 0.500. The maximum Gasteiger partial charge on any atom is 0.411 e. The first-order valence-corrected chi connectivity index (χ1v) is 15.0. The van der Waals surface area contributed by atoms with Crippen LogP contribution in [-0.2, 0) is 24.3 Å². The van der Waals surface area contributed by atoms with E-state index in [1.165, 1.54) is 17.2 Å². The Kier molecular flexibility index (Phi) is 7.13. The van der Waals surface area contributed by atoms with E-state index in [-0.39, 0.29) is 31.0 Å². The lowest BCUT2D eigenvalue weighted by Gasteiger charge is -2.29. The topological polar surface area (TPSA) is 164 Å². The molecule has 0 radical (unpaired) electrons. The molecular weight excluding hydrogens is 552 g/mol. The van der Waals surface area contributed by atoms with Crippen molar-refractivity contribution in [1.82, 2.24) is 19.9 Å². The maximum absolute atomic E-state index is 13.7. The largest absolute Gasteiger partial charge is 0.507 e. The van der Waals surface area contributed by atoms with Gasteiger partial charge in [0.25, 0.3) is 5.91 Å². The summed E-state index contributed by atoms with van der Waals surface area (Å²) in [6.07, 6.45) is 2.76. The van der Waals surface area contributed by atoms with Gasteiger partial charge in [0.2, 0.25) is 21.8 Å². The molecule has 1 aliphatic heterocycles. The predicted octanol–water partition coefficient (Wildman–Crippen LogP) is 2.37. The lowest BCUT2D eigenvalue weighted by Crippen LogP contribution is -2.56. The zero-order valence-corrected chi connectivity index (χ0v) is 23.9. The third kappa shape index (κ3) is 5.81. The van der Waals surface area contributed by atoms with E-state index in [2.05, 4.69) is 21.6 Å². The number of benzene rings is 1. The first-order chi connectivity index (χ1) is 19.2. The fourth-order valence-electron chi connectivity index (χ4n) is 5.09. The van der Waals surface area contributed by atoms with Crippen LogP contribution in [0.25, 0.3) is 10.8 Å². The highest BCUT2D eigenvalue weighted by Gasteiger charge is 2.62. The molecule has 13 heteroatoms. The van der Waals surface area contributed by atoms with Gasteiger partial charge in [-0.05, 0) is 58.2 Å². The van der Waals surface area contributed by atoms with E-state index < -0.39 is 62.4 Å². The molecule has 12 nitrogen and oxygen atoms in total. The fourth-order valence-corrected chi connectivity index (χ4v) is 6.45. The molecule has 0 bridgehead atoms. The second kappa shape index (κ2) is 10.2. The summed E-state index contributed by atoms with van der Waals surface area (Å²) in [6, 6.07) is 5.51. The second-order valence-electron chi connectivity index (χ2n) is 11.8. The van der Waals surface area contributed by atoms with E-state index in [4.69, 9.17) is 9.47 Å². The molecule has 3 fully saturated rings. The van der Waals surface area contributed by atoms with Crippen LogP contribution in [0.5, 0.6) is 11.6 Å². The van der Waals surface area contributed by atoms with Crippen LogP contribution in [-0.4, -0.2) is 76.4 Å². The van der Waals surface area contributed by atoms with Crippen LogP contribution in [0.4, 0.5) is 4.79 Å². The number of ether oxygens (including phenoxy) is 2. The maximum atomic E-state index is 13.7. The highest BCUT2D eigenvalue weighted by Crippen LogP contribution is 2.45. The average molecular weight is 587 g/mol. The molecule has 5 rings (SSSR count). The number of amides is 3. The molecule has 41 heavy (non-hydrogen) atoms. The normalized spacial score (nSPS) is 25.8. The van der Waals surface area contributed by atoms with Gasteiger partial charge in [-0.25, -0.2) is 18.2 Å². The number of sulfonamides is 1. The predicted molar refractivity (Wildman–Crippen MR) is 148 cm³/mol. The van der Waals surface area contributed by atoms with E-state index in [0.29, 0.717) is 23.6 Å². The van der Waals surface area contributed by atoms with Crippen molar-refractivity contribution in [3.05, 3.63) is 43.1 Å². The molecule has 3 amide bonds. The van der Waals surface area contributed by atoms with Crippen LogP contribution in [0.15, 0.2) is 43.1 Å². The first kappa shape index (κ1) is 28.7. The number of hydrogen-bond acceptors (Lipinski definition) is 9. The van der Waals surface area contributed by atoms with Crippen molar-refractivity contribution in [2.75, 3.05) is 6.54 Å². The van der Waals surface area contributed by atoms with Gasteiger partial charge in [0.1, 0.15) is 29.0 Å². The van der Waals surface area contributed by atoms with Gasteiger partial charge in [-0.15, -0.1) is 6.58 Å². The Bertz CT molecular complexity index is 1520. The van der Waals surface area contributed by atoms with Crippen LogP contribution in [0.3, 0.4) is 0 Å². The monoisotopic (exact) mass is 586 g/mol. The Morgan fingerprint density at radius 2 is 1.93 bits per heavy atom. The molecule has 2 aliphatic carbocycles. The van der Waals surface area contributed by atoms with Gasteiger partial charge in [-0.3, -0.25) is 19.2 Å². The number of aromatic nitrogens is 1. The highest BCUT2D eigenvalue weighted by atomic mass is 32.2. The van der Waals surface area contributed by atoms with E-state index in [9.17, 15) is 27.9 Å². The Labute approximate surface area is 238 Å². The van der Waals surface area contributed by atoms with Crippen LogP contribution < -0.4 is 14.8 Å². The third-order valence-electron chi connectivity index (χ3n) is 7.47. The zero-order chi connectivity index (χ0) is 29.7. The Hall–Kier alpha value is -3.87. The number of carbonyl (C=O) groups is 3. The van der Waals surface area contributed by atoms with Crippen molar-refractivity contribution in [3.8, 4) is 11.6 Å². The van der Waals surface area contributed by atoms with Gasteiger partial charge in [0, 0.05) is 29.3 Å². The minimum absolute atomic E-state index is 0.00989. The summed E-state index contributed by atoms with van der Waals surface area (Å²) in [7, 11) is -3.84. The van der Waals surface area contributed by atoms with Crippen molar-refractivity contribution < 1.29 is 37.4 Å². The lowest BCUT2D eigenvalue weighted by atomic mass is 10.1. The van der Waals surface area contributed by atoms with Gasteiger partial charge in [0.05, 0.1) is 11.8 Å². The van der Waals surface area contributed by atoms with Crippen LogP contribution in [0.1, 0.15) is 46.5 Å². The Morgan fingerprint density at radius 3 is 2.56 bits per heavy atom. The quantitative estimate of drug-likeness (QED) is 0.394. The molecule has 220 valence electrons.